The summed E-state index contributed by atoms with van der Waals surface area (Å²) in [6.07, 6.45) is 4.38. The van der Waals surface area contributed by atoms with Crippen molar-refractivity contribution in [3.8, 4) is 11.5 Å². The second-order valence-corrected chi connectivity index (χ2v) is 6.00. The van der Waals surface area contributed by atoms with E-state index in [0.717, 1.165) is 6.42 Å². The number of benzene rings is 1. The summed E-state index contributed by atoms with van der Waals surface area (Å²) in [4.78, 5) is 25.9. The molecular weight excluding hydrogens is 360 g/mol. The van der Waals surface area contributed by atoms with Crippen LogP contribution in [-0.2, 0) is 14.3 Å². The third-order valence-electron chi connectivity index (χ3n) is 4.18. The summed E-state index contributed by atoms with van der Waals surface area (Å²) in [7, 11) is 1.34. The first-order valence-electron chi connectivity index (χ1n) is 8.71. The fourth-order valence-electron chi connectivity index (χ4n) is 2.88. The van der Waals surface area contributed by atoms with Crippen LogP contribution in [0.2, 0.25) is 0 Å². The average molecular weight is 383 g/mol. The van der Waals surface area contributed by atoms with Gasteiger partial charge in [-0.2, -0.15) is 8.78 Å². The summed E-state index contributed by atoms with van der Waals surface area (Å²) < 4.78 is 39.1. The monoisotopic (exact) mass is 383 g/mol. The predicted molar refractivity (Wildman–Crippen MR) is 94.6 cm³/mol. The molecule has 0 aromatic heterocycles. The van der Waals surface area contributed by atoms with Crippen LogP contribution < -0.4 is 9.47 Å². The molecule has 0 bridgehead atoms. The van der Waals surface area contributed by atoms with Gasteiger partial charge in [0.2, 0.25) is 5.91 Å². The van der Waals surface area contributed by atoms with Crippen molar-refractivity contribution in [2.75, 3.05) is 26.8 Å². The number of carbonyl (C=O) groups is 2. The Morgan fingerprint density at radius 1 is 1.33 bits per heavy atom. The van der Waals surface area contributed by atoms with Gasteiger partial charge in [0.25, 0.3) is 0 Å². The van der Waals surface area contributed by atoms with Gasteiger partial charge in [-0.3, -0.25) is 9.59 Å². The van der Waals surface area contributed by atoms with Crippen LogP contribution in [0.5, 0.6) is 11.5 Å². The van der Waals surface area contributed by atoms with Crippen LogP contribution in [0.4, 0.5) is 8.78 Å². The van der Waals surface area contributed by atoms with Gasteiger partial charge in [-0.25, -0.2) is 0 Å². The van der Waals surface area contributed by atoms with E-state index in [2.05, 4.69) is 4.74 Å². The highest BCUT2D eigenvalue weighted by molar-refractivity contribution is 5.92. The van der Waals surface area contributed by atoms with Crippen LogP contribution in [0.3, 0.4) is 0 Å². The highest BCUT2D eigenvalue weighted by Crippen LogP contribution is 2.30. The molecule has 1 aliphatic rings. The van der Waals surface area contributed by atoms with Gasteiger partial charge in [0.15, 0.2) is 11.5 Å². The molecule has 1 aromatic rings. The Bertz CT molecular complexity index is 693. The number of esters is 1. The third-order valence-corrected chi connectivity index (χ3v) is 4.18. The zero-order valence-corrected chi connectivity index (χ0v) is 15.3. The SMILES string of the molecule is CCOC(=O)[C@@H]1CCCN(C(=O)/C=C/c2ccc(OC(F)F)c(OC)c2)C1. The summed E-state index contributed by atoms with van der Waals surface area (Å²) in [5.74, 6) is -0.745. The first-order chi connectivity index (χ1) is 12.9. The number of methoxy groups -OCH3 is 1. The lowest BCUT2D eigenvalue weighted by atomic mass is 9.98. The Balaban J connectivity index is 2.02. The maximum absolute atomic E-state index is 12.4. The highest BCUT2D eigenvalue weighted by atomic mass is 19.3. The van der Waals surface area contributed by atoms with E-state index >= 15 is 0 Å². The summed E-state index contributed by atoms with van der Waals surface area (Å²) in [5.41, 5.74) is 0.598. The van der Waals surface area contributed by atoms with Gasteiger partial charge in [-0.05, 0) is 43.5 Å². The van der Waals surface area contributed by atoms with Crippen molar-refractivity contribution in [1.82, 2.24) is 4.90 Å². The van der Waals surface area contributed by atoms with E-state index in [1.54, 1.807) is 24.0 Å². The Kier molecular flexibility index (Phi) is 7.57. The molecule has 0 spiro atoms. The molecule has 0 N–H and O–H groups in total. The van der Waals surface area contributed by atoms with E-state index in [-0.39, 0.29) is 29.3 Å². The molecule has 1 heterocycles. The second-order valence-electron chi connectivity index (χ2n) is 6.00. The molecule has 0 saturated carbocycles. The Labute approximate surface area is 156 Å². The van der Waals surface area contributed by atoms with E-state index < -0.39 is 6.61 Å². The van der Waals surface area contributed by atoms with E-state index in [1.807, 2.05) is 0 Å². The molecule has 1 atom stereocenters. The van der Waals surface area contributed by atoms with Gasteiger partial charge in [0.1, 0.15) is 0 Å². The molecule has 0 radical (unpaired) electrons. The van der Waals surface area contributed by atoms with Crippen molar-refractivity contribution in [2.24, 2.45) is 5.92 Å². The van der Waals surface area contributed by atoms with Crippen molar-refractivity contribution < 1.29 is 32.6 Å². The van der Waals surface area contributed by atoms with Gasteiger partial charge < -0.3 is 19.1 Å². The summed E-state index contributed by atoms with van der Waals surface area (Å²) in [6, 6.07) is 4.40. The van der Waals surface area contributed by atoms with E-state index in [0.29, 0.717) is 31.7 Å². The maximum Gasteiger partial charge on any atom is 0.387 e. The topological polar surface area (TPSA) is 65.1 Å². The first-order valence-corrected chi connectivity index (χ1v) is 8.71. The molecule has 8 heteroatoms. The molecule has 0 unspecified atom stereocenters. The van der Waals surface area contributed by atoms with Crippen molar-refractivity contribution in [3.63, 3.8) is 0 Å². The molecule has 148 valence electrons. The number of hydrogen-bond acceptors (Lipinski definition) is 5. The third kappa shape index (κ3) is 5.94. The summed E-state index contributed by atoms with van der Waals surface area (Å²) in [6.45, 7) is 0.0123. The number of rotatable bonds is 7. The molecule has 1 saturated heterocycles. The number of piperidine rings is 1. The number of likely N-dealkylation sites (tertiary alicyclic amines) is 1. The van der Waals surface area contributed by atoms with Crippen LogP contribution in [0, 0.1) is 5.92 Å². The average Bonchev–Trinajstić information content (AvgIpc) is 2.66. The zero-order chi connectivity index (χ0) is 19.8. The van der Waals surface area contributed by atoms with E-state index in [1.165, 1.54) is 25.3 Å². The normalized spacial score (nSPS) is 17.2. The number of amides is 1. The first kappa shape index (κ1) is 20.7. The van der Waals surface area contributed by atoms with E-state index in [4.69, 9.17) is 9.47 Å². The van der Waals surface area contributed by atoms with Gasteiger partial charge in [-0.15, -0.1) is 0 Å². The van der Waals surface area contributed by atoms with Crippen LogP contribution >= 0.6 is 0 Å². The van der Waals surface area contributed by atoms with Crippen molar-refractivity contribution in [3.05, 3.63) is 29.8 Å². The smallest absolute Gasteiger partial charge is 0.387 e. The number of halogens is 2. The number of nitrogens with zero attached hydrogens (tertiary/aromatic N) is 1. The molecule has 27 heavy (non-hydrogen) atoms. The fraction of sp³-hybridized carbons (Fsp3) is 0.474. The lowest BCUT2D eigenvalue weighted by Crippen LogP contribution is -2.42. The Hall–Kier alpha value is -2.64. The molecule has 1 amide bonds. The maximum atomic E-state index is 12.4. The molecular formula is C19H23F2NO5. The van der Waals surface area contributed by atoms with Gasteiger partial charge in [0.05, 0.1) is 19.6 Å². The van der Waals surface area contributed by atoms with Gasteiger partial charge in [-0.1, -0.05) is 6.07 Å². The summed E-state index contributed by atoms with van der Waals surface area (Å²) >= 11 is 0. The number of ether oxygens (including phenoxy) is 3. The molecule has 1 aromatic carbocycles. The minimum Gasteiger partial charge on any atom is -0.493 e. The lowest BCUT2D eigenvalue weighted by Gasteiger charge is -2.30. The van der Waals surface area contributed by atoms with Crippen molar-refractivity contribution in [2.45, 2.75) is 26.4 Å². The van der Waals surface area contributed by atoms with Gasteiger partial charge >= 0.3 is 12.6 Å². The molecule has 1 fully saturated rings. The van der Waals surface area contributed by atoms with Gasteiger partial charge in [0, 0.05) is 19.2 Å². The van der Waals surface area contributed by atoms with Crippen LogP contribution in [0.25, 0.3) is 6.08 Å². The number of hydrogen-bond donors (Lipinski definition) is 0. The minimum atomic E-state index is -2.95. The predicted octanol–water partition coefficient (Wildman–Crippen LogP) is 3.11. The molecule has 1 aliphatic heterocycles. The van der Waals surface area contributed by atoms with Crippen molar-refractivity contribution >= 4 is 18.0 Å². The van der Waals surface area contributed by atoms with E-state index in [9.17, 15) is 18.4 Å². The quantitative estimate of drug-likeness (QED) is 0.535. The zero-order valence-electron chi connectivity index (χ0n) is 15.3. The van der Waals surface area contributed by atoms with Crippen LogP contribution in [0.15, 0.2) is 24.3 Å². The second kappa shape index (κ2) is 9.89. The Morgan fingerprint density at radius 3 is 2.78 bits per heavy atom. The van der Waals surface area contributed by atoms with Crippen LogP contribution in [-0.4, -0.2) is 50.2 Å². The minimum absolute atomic E-state index is 0.0794. The van der Waals surface area contributed by atoms with Crippen molar-refractivity contribution in [1.29, 1.82) is 0 Å². The summed E-state index contributed by atoms with van der Waals surface area (Å²) in [5, 5.41) is 0. The molecule has 2 rings (SSSR count). The number of carbonyl (C=O) groups excluding carboxylic acids is 2. The lowest BCUT2D eigenvalue weighted by molar-refractivity contribution is -0.150. The number of alkyl halides is 2. The molecule has 6 nitrogen and oxygen atoms in total. The Morgan fingerprint density at radius 2 is 2.11 bits per heavy atom. The largest absolute Gasteiger partial charge is 0.493 e. The highest BCUT2D eigenvalue weighted by Gasteiger charge is 2.28. The molecule has 0 aliphatic carbocycles. The fourth-order valence-corrected chi connectivity index (χ4v) is 2.88. The standard InChI is InChI=1S/C19H23F2NO5/c1-3-26-18(24)14-5-4-10-22(12-14)17(23)9-7-13-6-8-15(27-19(20)21)16(11-13)25-2/h6-9,11,14,19H,3-5,10,12H2,1-2H3/b9-7+/t14-/m1/s1. The van der Waals surface area contributed by atoms with Crippen LogP contribution in [0.1, 0.15) is 25.3 Å².